The van der Waals surface area contributed by atoms with Gasteiger partial charge in [0.05, 0.1) is 11.2 Å². The van der Waals surface area contributed by atoms with Crippen molar-refractivity contribution in [1.29, 1.82) is 0 Å². The number of piperidine rings is 1. The first-order valence-corrected chi connectivity index (χ1v) is 8.89. The van der Waals surface area contributed by atoms with Crippen molar-refractivity contribution >= 4 is 17.1 Å². The van der Waals surface area contributed by atoms with Gasteiger partial charge < -0.3 is 5.32 Å². The molecule has 0 amide bonds. The lowest BCUT2D eigenvalue weighted by Gasteiger charge is -2.32. The molecule has 1 saturated heterocycles. The van der Waals surface area contributed by atoms with Gasteiger partial charge in [0.2, 0.25) is 6.29 Å². The minimum atomic E-state index is -0.295. The van der Waals surface area contributed by atoms with Gasteiger partial charge in [-0.05, 0) is 42.2 Å². The number of fused-ring (bicyclic) bond motifs is 2. The molecule has 1 saturated carbocycles. The molecule has 7 heteroatoms. The molecule has 0 spiro atoms. The maximum Gasteiger partial charge on any atom is 0.201 e. The Bertz CT molecular complexity index is 889. The molecule has 0 bridgehead atoms. The van der Waals surface area contributed by atoms with Crippen LogP contribution in [0.1, 0.15) is 5.69 Å². The molecule has 2 N–H and O–H groups in total. The number of hydroxylamine groups is 2. The van der Waals surface area contributed by atoms with Crippen LogP contribution in [0.4, 0.5) is 4.39 Å². The Hall–Kier alpha value is -2.35. The summed E-state index contributed by atoms with van der Waals surface area (Å²) in [7, 11) is 0. The predicted molar refractivity (Wildman–Crippen MR) is 95.9 cm³/mol. The molecule has 3 aliphatic rings. The molecule has 5 rings (SSSR count). The highest BCUT2D eigenvalue weighted by molar-refractivity contribution is 5.78. The number of hydrogen-bond donors (Lipinski definition) is 2. The van der Waals surface area contributed by atoms with E-state index in [2.05, 4.69) is 20.2 Å². The number of allylic oxidation sites excluding steroid dienone is 1. The molecule has 134 valence electrons. The SMILES string of the molecule is ON1C=CC=NC1N1CC2C(C1)C2NCc1ccc2cc(F)ccc2n1. The van der Waals surface area contributed by atoms with Crippen molar-refractivity contribution in [2.75, 3.05) is 13.1 Å². The predicted octanol–water partition coefficient (Wildman–Crippen LogP) is 1.97. The van der Waals surface area contributed by atoms with Gasteiger partial charge in [0.25, 0.3) is 0 Å². The van der Waals surface area contributed by atoms with Crippen LogP contribution in [-0.2, 0) is 6.54 Å². The van der Waals surface area contributed by atoms with Gasteiger partial charge in [-0.1, -0.05) is 6.07 Å². The highest BCUT2D eigenvalue weighted by Crippen LogP contribution is 2.46. The summed E-state index contributed by atoms with van der Waals surface area (Å²) < 4.78 is 13.2. The second kappa shape index (κ2) is 6.12. The average molecular weight is 353 g/mol. The topological polar surface area (TPSA) is 64.0 Å². The van der Waals surface area contributed by atoms with E-state index in [4.69, 9.17) is 0 Å². The molecule has 6 nitrogen and oxygen atoms in total. The molecular weight excluding hydrogens is 333 g/mol. The van der Waals surface area contributed by atoms with E-state index in [-0.39, 0.29) is 12.1 Å². The smallest absolute Gasteiger partial charge is 0.201 e. The summed E-state index contributed by atoms with van der Waals surface area (Å²) in [6, 6.07) is 9.03. The zero-order chi connectivity index (χ0) is 17.7. The highest BCUT2D eigenvalue weighted by Gasteiger charge is 2.56. The molecule has 3 unspecified atom stereocenters. The lowest BCUT2D eigenvalue weighted by Crippen LogP contribution is -2.45. The fourth-order valence-corrected chi connectivity index (χ4v) is 4.17. The summed E-state index contributed by atoms with van der Waals surface area (Å²) in [6.45, 7) is 2.57. The van der Waals surface area contributed by atoms with E-state index >= 15 is 0 Å². The number of aliphatic imine (C=N–C) groups is 1. The number of nitrogens with zero attached hydrogens (tertiary/aromatic N) is 4. The van der Waals surface area contributed by atoms with Gasteiger partial charge in [0, 0.05) is 43.5 Å². The van der Waals surface area contributed by atoms with Crippen LogP contribution in [0, 0.1) is 17.7 Å². The van der Waals surface area contributed by atoms with Crippen molar-refractivity contribution in [2.24, 2.45) is 16.8 Å². The van der Waals surface area contributed by atoms with Crippen molar-refractivity contribution < 1.29 is 9.60 Å². The van der Waals surface area contributed by atoms with E-state index < -0.39 is 0 Å². The first kappa shape index (κ1) is 15.9. The summed E-state index contributed by atoms with van der Waals surface area (Å²) >= 11 is 0. The Balaban J connectivity index is 1.17. The second-order valence-corrected chi connectivity index (χ2v) is 7.19. The monoisotopic (exact) mass is 353 g/mol. The van der Waals surface area contributed by atoms with E-state index in [1.807, 2.05) is 12.1 Å². The molecule has 1 aromatic heterocycles. The molecule has 26 heavy (non-hydrogen) atoms. The average Bonchev–Trinajstić information content (AvgIpc) is 3.09. The van der Waals surface area contributed by atoms with Crippen LogP contribution in [0.2, 0.25) is 0 Å². The quantitative estimate of drug-likeness (QED) is 0.880. The first-order chi connectivity index (χ1) is 12.7. The maximum atomic E-state index is 13.2. The highest BCUT2D eigenvalue weighted by atomic mass is 19.1. The third-order valence-corrected chi connectivity index (χ3v) is 5.56. The van der Waals surface area contributed by atoms with Crippen molar-refractivity contribution in [2.45, 2.75) is 18.9 Å². The molecule has 3 atom stereocenters. The van der Waals surface area contributed by atoms with Crippen LogP contribution in [0.3, 0.4) is 0 Å². The number of rotatable bonds is 4. The molecule has 2 fully saturated rings. The molecule has 1 aromatic carbocycles. The van der Waals surface area contributed by atoms with Crippen LogP contribution < -0.4 is 5.32 Å². The lowest BCUT2D eigenvalue weighted by molar-refractivity contribution is -0.127. The summed E-state index contributed by atoms with van der Waals surface area (Å²) in [5.41, 5.74) is 1.79. The van der Waals surface area contributed by atoms with Gasteiger partial charge in [0.1, 0.15) is 5.82 Å². The zero-order valence-electron chi connectivity index (χ0n) is 14.2. The molecule has 2 aromatic rings. The number of aromatic nitrogens is 1. The number of hydrogen-bond acceptors (Lipinski definition) is 6. The van der Waals surface area contributed by atoms with Gasteiger partial charge in [-0.15, -0.1) is 0 Å². The molecule has 0 radical (unpaired) electrons. The Morgan fingerprint density at radius 1 is 1.19 bits per heavy atom. The standard InChI is InChI=1S/C19H20FN5O/c20-13-3-5-17-12(8-13)2-4-14(23-17)9-22-18-15-10-24(11-16(15)18)19-21-6-1-7-25(19)26/h1-8,15-16,18-19,22,26H,9-11H2. The third-order valence-electron chi connectivity index (χ3n) is 5.56. The summed E-state index contributed by atoms with van der Waals surface area (Å²) in [5, 5.41) is 15.5. The molecule has 3 heterocycles. The van der Waals surface area contributed by atoms with Crippen LogP contribution in [0.25, 0.3) is 10.9 Å². The van der Waals surface area contributed by atoms with Gasteiger partial charge in [0.15, 0.2) is 0 Å². The summed E-state index contributed by atoms with van der Waals surface area (Å²) in [6.07, 6.45) is 4.79. The largest absolute Gasteiger partial charge is 0.308 e. The van der Waals surface area contributed by atoms with E-state index in [9.17, 15) is 9.60 Å². The maximum absolute atomic E-state index is 13.2. The van der Waals surface area contributed by atoms with Gasteiger partial charge in [-0.3, -0.25) is 20.1 Å². The first-order valence-electron chi connectivity index (χ1n) is 8.89. The Kier molecular flexibility index (Phi) is 3.74. The third kappa shape index (κ3) is 2.78. The van der Waals surface area contributed by atoms with Crippen molar-refractivity contribution in [3.05, 3.63) is 54.1 Å². The van der Waals surface area contributed by atoms with Gasteiger partial charge >= 0.3 is 0 Å². The van der Waals surface area contributed by atoms with Crippen LogP contribution >= 0.6 is 0 Å². The summed E-state index contributed by atoms with van der Waals surface area (Å²) in [4.78, 5) is 11.1. The molecule has 1 aliphatic carbocycles. The number of pyridine rings is 1. The van der Waals surface area contributed by atoms with E-state index in [1.165, 1.54) is 12.1 Å². The van der Waals surface area contributed by atoms with E-state index in [1.54, 1.807) is 24.6 Å². The number of benzene rings is 1. The number of nitrogens with one attached hydrogen (secondary N) is 1. The van der Waals surface area contributed by atoms with Crippen LogP contribution in [0.15, 0.2) is 47.6 Å². The molecular formula is C19H20FN5O. The second-order valence-electron chi connectivity index (χ2n) is 7.19. The number of halogens is 1. The zero-order valence-corrected chi connectivity index (χ0v) is 14.2. The normalized spacial score (nSPS) is 30.2. The van der Waals surface area contributed by atoms with Crippen LogP contribution in [0.5, 0.6) is 0 Å². The molecule has 2 aliphatic heterocycles. The fourth-order valence-electron chi connectivity index (χ4n) is 4.17. The van der Waals surface area contributed by atoms with Crippen molar-refractivity contribution in [3.63, 3.8) is 0 Å². The Labute approximate surface area is 150 Å². The van der Waals surface area contributed by atoms with Crippen molar-refractivity contribution in [1.82, 2.24) is 20.3 Å². The summed E-state index contributed by atoms with van der Waals surface area (Å²) in [5.74, 6) is 0.956. The fraction of sp³-hybridized carbons (Fsp3) is 0.368. The minimum Gasteiger partial charge on any atom is -0.308 e. The Morgan fingerprint density at radius 2 is 2.04 bits per heavy atom. The van der Waals surface area contributed by atoms with Crippen LogP contribution in [-0.4, -0.2) is 51.8 Å². The van der Waals surface area contributed by atoms with Gasteiger partial charge in [-0.25, -0.2) is 9.45 Å². The number of likely N-dealkylation sites (tertiary alicyclic amines) is 1. The minimum absolute atomic E-state index is 0.236. The van der Waals surface area contributed by atoms with Crippen molar-refractivity contribution in [3.8, 4) is 0 Å². The lowest BCUT2D eigenvalue weighted by atomic mass is 10.2. The van der Waals surface area contributed by atoms with Gasteiger partial charge in [-0.2, -0.15) is 0 Å². The Morgan fingerprint density at radius 3 is 2.85 bits per heavy atom. The van der Waals surface area contributed by atoms with E-state index in [0.29, 0.717) is 24.4 Å². The van der Waals surface area contributed by atoms with E-state index in [0.717, 1.165) is 34.7 Å².